The number of Topliss-reactive ketones (excluding diaryl/α,β-unsaturated/α-hetero) is 1. The summed E-state index contributed by atoms with van der Waals surface area (Å²) >= 11 is 0. The zero-order valence-corrected chi connectivity index (χ0v) is 11.3. The zero-order valence-electron chi connectivity index (χ0n) is 10.5. The molecule has 20 heavy (non-hydrogen) atoms. The van der Waals surface area contributed by atoms with Gasteiger partial charge in [0.05, 0.1) is 12.9 Å². The first-order valence-electron chi connectivity index (χ1n) is 5.56. The van der Waals surface area contributed by atoms with E-state index in [1.54, 1.807) is 23.3 Å². The average molecular weight is 298 g/mol. The SMILES string of the molecule is O=C(Cc1ccccc1)Cn1ccnc1.O=S(=O)(O)O. The lowest BCUT2D eigenvalue weighted by Gasteiger charge is -2.01. The van der Waals surface area contributed by atoms with Gasteiger partial charge in [-0.05, 0) is 5.56 Å². The minimum absolute atomic E-state index is 0.194. The molecule has 0 saturated carbocycles. The van der Waals surface area contributed by atoms with Gasteiger partial charge in [0.25, 0.3) is 0 Å². The summed E-state index contributed by atoms with van der Waals surface area (Å²) in [5, 5.41) is 0. The Morgan fingerprint density at radius 1 is 1.20 bits per heavy atom. The molecule has 2 aromatic rings. The van der Waals surface area contributed by atoms with Crippen LogP contribution in [0.5, 0.6) is 0 Å². The Morgan fingerprint density at radius 3 is 2.30 bits per heavy atom. The van der Waals surface area contributed by atoms with Crippen molar-refractivity contribution in [3.63, 3.8) is 0 Å². The largest absolute Gasteiger partial charge is 0.394 e. The van der Waals surface area contributed by atoms with Gasteiger partial charge in [-0.3, -0.25) is 13.9 Å². The lowest BCUT2D eigenvalue weighted by atomic mass is 10.1. The molecule has 0 radical (unpaired) electrons. The van der Waals surface area contributed by atoms with Gasteiger partial charge >= 0.3 is 10.4 Å². The van der Waals surface area contributed by atoms with Crippen LogP contribution in [-0.2, 0) is 28.2 Å². The summed E-state index contributed by atoms with van der Waals surface area (Å²) < 4.78 is 33.4. The van der Waals surface area contributed by atoms with Crippen LogP contribution in [0.1, 0.15) is 5.56 Å². The second kappa shape index (κ2) is 7.53. The maximum atomic E-state index is 11.6. The predicted octanol–water partition coefficient (Wildman–Crippen LogP) is 1.04. The van der Waals surface area contributed by atoms with E-state index < -0.39 is 10.4 Å². The summed E-state index contributed by atoms with van der Waals surface area (Å²) in [6.07, 6.45) is 5.61. The van der Waals surface area contributed by atoms with Crippen molar-refractivity contribution in [1.29, 1.82) is 0 Å². The highest BCUT2D eigenvalue weighted by Gasteiger charge is 2.03. The molecule has 1 heterocycles. The van der Waals surface area contributed by atoms with E-state index in [9.17, 15) is 4.79 Å². The second-order valence-corrected chi connectivity index (χ2v) is 4.78. The fourth-order valence-corrected chi connectivity index (χ4v) is 1.46. The van der Waals surface area contributed by atoms with E-state index in [2.05, 4.69) is 4.98 Å². The molecule has 1 aromatic carbocycles. The van der Waals surface area contributed by atoms with E-state index in [4.69, 9.17) is 17.5 Å². The summed E-state index contributed by atoms with van der Waals surface area (Å²) in [5.41, 5.74) is 1.06. The van der Waals surface area contributed by atoms with Crippen molar-refractivity contribution in [2.75, 3.05) is 0 Å². The number of carbonyl (C=O) groups is 1. The van der Waals surface area contributed by atoms with Crippen molar-refractivity contribution >= 4 is 16.2 Å². The number of benzene rings is 1. The maximum Gasteiger partial charge on any atom is 0.394 e. The average Bonchev–Trinajstić information content (AvgIpc) is 2.80. The topological polar surface area (TPSA) is 109 Å². The van der Waals surface area contributed by atoms with Crippen LogP contribution in [-0.4, -0.2) is 32.9 Å². The Balaban J connectivity index is 0.000000347. The van der Waals surface area contributed by atoms with Gasteiger partial charge < -0.3 is 4.57 Å². The fraction of sp³-hybridized carbons (Fsp3) is 0.167. The van der Waals surface area contributed by atoms with Crippen LogP contribution in [0.3, 0.4) is 0 Å². The standard InChI is InChI=1S/C12H12N2O.H2O4S/c15-12(9-14-7-6-13-10-14)8-11-4-2-1-3-5-11;1-5(2,3)4/h1-7,10H,8-9H2;(H2,1,2,3,4). The Hall–Kier alpha value is -2.03. The fourth-order valence-electron chi connectivity index (χ4n) is 1.46. The van der Waals surface area contributed by atoms with E-state index in [1.807, 2.05) is 30.3 Å². The number of nitrogens with zero attached hydrogens (tertiary/aromatic N) is 2. The third kappa shape index (κ3) is 8.14. The summed E-state index contributed by atoms with van der Waals surface area (Å²) in [5.74, 6) is 0.194. The van der Waals surface area contributed by atoms with Crippen LogP contribution < -0.4 is 0 Å². The van der Waals surface area contributed by atoms with Crippen LogP contribution in [0, 0.1) is 0 Å². The molecule has 0 saturated heterocycles. The molecule has 7 nitrogen and oxygen atoms in total. The van der Waals surface area contributed by atoms with Gasteiger partial charge in [0.1, 0.15) is 0 Å². The van der Waals surface area contributed by atoms with Crippen molar-refractivity contribution < 1.29 is 22.3 Å². The monoisotopic (exact) mass is 298 g/mol. The van der Waals surface area contributed by atoms with Crippen molar-refractivity contribution in [1.82, 2.24) is 9.55 Å². The van der Waals surface area contributed by atoms with Crippen LogP contribution in [0.15, 0.2) is 49.1 Å². The molecular weight excluding hydrogens is 284 g/mol. The van der Waals surface area contributed by atoms with E-state index in [0.717, 1.165) is 5.56 Å². The van der Waals surface area contributed by atoms with Gasteiger partial charge in [-0.2, -0.15) is 8.42 Å². The molecule has 1 aromatic heterocycles. The van der Waals surface area contributed by atoms with Crippen molar-refractivity contribution in [3.05, 3.63) is 54.6 Å². The van der Waals surface area contributed by atoms with Crippen molar-refractivity contribution in [2.45, 2.75) is 13.0 Å². The van der Waals surface area contributed by atoms with Crippen LogP contribution in [0.2, 0.25) is 0 Å². The number of rotatable bonds is 4. The Labute approximate surface area is 116 Å². The number of aromatic nitrogens is 2. The summed E-state index contributed by atoms with van der Waals surface area (Å²) in [7, 11) is -4.67. The number of hydrogen-bond donors (Lipinski definition) is 2. The molecule has 8 heteroatoms. The zero-order chi connectivity index (χ0) is 15.0. The van der Waals surface area contributed by atoms with Crippen LogP contribution in [0.25, 0.3) is 0 Å². The third-order valence-corrected chi connectivity index (χ3v) is 2.16. The van der Waals surface area contributed by atoms with Gasteiger partial charge in [-0.1, -0.05) is 30.3 Å². The highest BCUT2D eigenvalue weighted by molar-refractivity contribution is 7.79. The molecule has 0 amide bonds. The Kier molecular flexibility index (Phi) is 6.04. The molecule has 0 aliphatic carbocycles. The quantitative estimate of drug-likeness (QED) is 0.816. The lowest BCUT2D eigenvalue weighted by molar-refractivity contribution is -0.119. The highest BCUT2D eigenvalue weighted by Crippen LogP contribution is 2.01. The van der Waals surface area contributed by atoms with Gasteiger partial charge in [-0.15, -0.1) is 0 Å². The molecule has 2 N–H and O–H groups in total. The first-order chi connectivity index (χ1) is 9.34. The normalized spacial score (nSPS) is 10.5. The second-order valence-electron chi connectivity index (χ2n) is 3.88. The minimum atomic E-state index is -4.67. The van der Waals surface area contributed by atoms with Gasteiger partial charge in [0.2, 0.25) is 0 Å². The highest BCUT2D eigenvalue weighted by atomic mass is 32.3. The molecule has 0 unspecified atom stereocenters. The molecule has 2 rings (SSSR count). The minimum Gasteiger partial charge on any atom is -0.330 e. The smallest absolute Gasteiger partial charge is 0.330 e. The summed E-state index contributed by atoms with van der Waals surface area (Å²) in [6, 6.07) is 9.76. The first-order valence-corrected chi connectivity index (χ1v) is 6.95. The predicted molar refractivity (Wildman–Crippen MR) is 71.6 cm³/mol. The molecule has 0 fully saturated rings. The molecular formula is C12H14N2O5S. The van der Waals surface area contributed by atoms with Crippen molar-refractivity contribution in [3.8, 4) is 0 Å². The molecule has 0 aliphatic heterocycles. The van der Waals surface area contributed by atoms with Gasteiger partial charge in [-0.25, -0.2) is 4.98 Å². The lowest BCUT2D eigenvalue weighted by Crippen LogP contribution is -2.11. The van der Waals surface area contributed by atoms with E-state index in [-0.39, 0.29) is 5.78 Å². The van der Waals surface area contributed by atoms with Gasteiger partial charge in [0, 0.05) is 18.8 Å². The van der Waals surface area contributed by atoms with Crippen molar-refractivity contribution in [2.24, 2.45) is 0 Å². The Bertz CT molecular complexity index is 615. The number of ketones is 1. The molecule has 0 spiro atoms. The third-order valence-electron chi connectivity index (χ3n) is 2.16. The van der Waals surface area contributed by atoms with Gasteiger partial charge in [0.15, 0.2) is 5.78 Å². The molecule has 108 valence electrons. The molecule has 0 bridgehead atoms. The maximum absolute atomic E-state index is 11.6. The van der Waals surface area contributed by atoms with E-state index in [1.165, 1.54) is 0 Å². The van der Waals surface area contributed by atoms with E-state index >= 15 is 0 Å². The molecule has 0 atom stereocenters. The van der Waals surface area contributed by atoms with Crippen LogP contribution >= 0.6 is 0 Å². The number of imidazole rings is 1. The molecule has 0 aliphatic rings. The number of hydrogen-bond acceptors (Lipinski definition) is 4. The summed E-state index contributed by atoms with van der Waals surface area (Å²) in [4.78, 5) is 15.5. The first kappa shape index (κ1) is 16.0. The summed E-state index contributed by atoms with van der Waals surface area (Å²) in [6.45, 7) is 0.398. The van der Waals surface area contributed by atoms with E-state index in [0.29, 0.717) is 13.0 Å². The number of carbonyl (C=O) groups excluding carboxylic acids is 1. The van der Waals surface area contributed by atoms with Crippen LogP contribution in [0.4, 0.5) is 0 Å². The Morgan fingerprint density at radius 2 is 1.80 bits per heavy atom.